The van der Waals surface area contributed by atoms with E-state index in [-0.39, 0.29) is 24.9 Å². The fourth-order valence-electron chi connectivity index (χ4n) is 1.76. The highest BCUT2D eigenvalue weighted by molar-refractivity contribution is 6.33. The maximum Gasteiger partial charge on any atom is 0.433 e. The molecule has 0 saturated carbocycles. The minimum absolute atomic E-state index is 0.0338. The number of nitrogens with one attached hydrogen (secondary N) is 2. The quantitative estimate of drug-likeness (QED) is 0.771. The van der Waals surface area contributed by atoms with Crippen LogP contribution in [0.15, 0.2) is 24.3 Å². The number of halogens is 4. The number of aromatic nitrogens is 2. The van der Waals surface area contributed by atoms with E-state index in [2.05, 4.69) is 20.6 Å². The Kier molecular flexibility index (Phi) is 5.27. The summed E-state index contributed by atoms with van der Waals surface area (Å²) in [6, 6.07) is 5.89. The fraction of sp³-hybridized carbons (Fsp3) is 0.286. The Balaban J connectivity index is 2.36. The molecule has 0 saturated heterocycles. The van der Waals surface area contributed by atoms with Gasteiger partial charge in [0.05, 0.1) is 17.3 Å². The molecule has 1 aromatic carbocycles. The smallest absolute Gasteiger partial charge is 0.395 e. The number of aryl methyl sites for hydroxylation is 1. The number of rotatable bonds is 5. The number of alkyl halides is 3. The van der Waals surface area contributed by atoms with Gasteiger partial charge in [-0.1, -0.05) is 17.7 Å². The van der Waals surface area contributed by atoms with Crippen molar-refractivity contribution in [3.8, 4) is 0 Å². The van der Waals surface area contributed by atoms with Crippen LogP contribution in [-0.4, -0.2) is 28.2 Å². The molecule has 124 valence electrons. The summed E-state index contributed by atoms with van der Waals surface area (Å²) in [7, 11) is 0. The lowest BCUT2D eigenvalue weighted by atomic mass is 10.2. The van der Waals surface area contributed by atoms with Gasteiger partial charge in [-0.15, -0.1) is 0 Å². The zero-order valence-electron chi connectivity index (χ0n) is 12.1. The van der Waals surface area contributed by atoms with Crippen LogP contribution in [0.5, 0.6) is 0 Å². The summed E-state index contributed by atoms with van der Waals surface area (Å²) in [6.07, 6.45) is -4.62. The van der Waals surface area contributed by atoms with Gasteiger partial charge in [-0.2, -0.15) is 18.2 Å². The maximum absolute atomic E-state index is 12.9. The number of aliphatic hydroxyl groups is 1. The van der Waals surface area contributed by atoms with Crippen molar-refractivity contribution < 1.29 is 18.3 Å². The molecule has 0 atom stereocenters. The van der Waals surface area contributed by atoms with E-state index in [0.717, 1.165) is 11.6 Å². The first-order chi connectivity index (χ1) is 10.8. The molecule has 0 aliphatic heterocycles. The van der Waals surface area contributed by atoms with Gasteiger partial charge < -0.3 is 15.7 Å². The predicted octanol–water partition coefficient (Wildman–Crippen LogP) is 3.61. The van der Waals surface area contributed by atoms with Gasteiger partial charge in [0, 0.05) is 12.6 Å². The van der Waals surface area contributed by atoms with Crippen molar-refractivity contribution >= 4 is 29.1 Å². The van der Waals surface area contributed by atoms with E-state index in [0.29, 0.717) is 10.7 Å². The van der Waals surface area contributed by atoms with Crippen LogP contribution in [0.2, 0.25) is 5.02 Å². The standard InChI is InChI=1S/C14H14ClF3N4O/c1-8-2-3-10(9(15)6-8)20-12-7-11(14(16,17)18)21-13(22-12)19-4-5-23/h2-3,6-7,23H,4-5H2,1H3,(H2,19,20,21,22). The zero-order chi connectivity index (χ0) is 17.0. The Bertz CT molecular complexity index is 694. The van der Waals surface area contributed by atoms with Crippen LogP contribution in [0.25, 0.3) is 0 Å². The largest absolute Gasteiger partial charge is 0.433 e. The third-order valence-corrected chi connectivity index (χ3v) is 3.11. The second-order valence-electron chi connectivity index (χ2n) is 4.72. The number of anilines is 3. The van der Waals surface area contributed by atoms with Crippen molar-refractivity contribution in [3.05, 3.63) is 40.5 Å². The van der Waals surface area contributed by atoms with E-state index >= 15 is 0 Å². The Labute approximate surface area is 135 Å². The molecule has 2 aromatic rings. The van der Waals surface area contributed by atoms with E-state index < -0.39 is 11.9 Å². The van der Waals surface area contributed by atoms with Crippen molar-refractivity contribution in [2.24, 2.45) is 0 Å². The molecule has 9 heteroatoms. The van der Waals surface area contributed by atoms with Gasteiger partial charge in [0.15, 0.2) is 5.69 Å². The summed E-state index contributed by atoms with van der Waals surface area (Å²) in [4.78, 5) is 7.33. The van der Waals surface area contributed by atoms with Gasteiger partial charge in [-0.3, -0.25) is 0 Å². The van der Waals surface area contributed by atoms with Crippen molar-refractivity contribution in [3.63, 3.8) is 0 Å². The van der Waals surface area contributed by atoms with E-state index in [9.17, 15) is 13.2 Å². The summed E-state index contributed by atoms with van der Waals surface area (Å²) in [6.45, 7) is 1.62. The molecule has 0 aliphatic rings. The third-order valence-electron chi connectivity index (χ3n) is 2.80. The minimum Gasteiger partial charge on any atom is -0.395 e. The molecule has 1 heterocycles. The summed E-state index contributed by atoms with van der Waals surface area (Å²) in [5.74, 6) is -0.293. The fourth-order valence-corrected chi connectivity index (χ4v) is 2.05. The predicted molar refractivity (Wildman–Crippen MR) is 82.1 cm³/mol. The Morgan fingerprint density at radius 3 is 2.57 bits per heavy atom. The van der Waals surface area contributed by atoms with Gasteiger partial charge in [0.25, 0.3) is 0 Å². The number of nitrogens with zero attached hydrogens (tertiary/aromatic N) is 2. The van der Waals surface area contributed by atoms with E-state index in [4.69, 9.17) is 16.7 Å². The molecule has 0 spiro atoms. The molecule has 0 fully saturated rings. The lowest BCUT2D eigenvalue weighted by Gasteiger charge is -2.13. The summed E-state index contributed by atoms with van der Waals surface area (Å²) >= 11 is 6.06. The molecule has 23 heavy (non-hydrogen) atoms. The normalized spacial score (nSPS) is 11.4. The van der Waals surface area contributed by atoms with Crippen LogP contribution in [0.3, 0.4) is 0 Å². The third kappa shape index (κ3) is 4.70. The van der Waals surface area contributed by atoms with Gasteiger partial charge >= 0.3 is 6.18 Å². The zero-order valence-corrected chi connectivity index (χ0v) is 12.8. The van der Waals surface area contributed by atoms with E-state index in [1.54, 1.807) is 18.2 Å². The van der Waals surface area contributed by atoms with E-state index in [1.807, 2.05) is 6.92 Å². The van der Waals surface area contributed by atoms with Gasteiger partial charge in [0.1, 0.15) is 5.82 Å². The molecule has 0 unspecified atom stereocenters. The van der Waals surface area contributed by atoms with Crippen molar-refractivity contribution in [1.29, 1.82) is 0 Å². The van der Waals surface area contributed by atoms with E-state index in [1.165, 1.54) is 0 Å². The SMILES string of the molecule is Cc1ccc(Nc2cc(C(F)(F)F)nc(NCCO)n2)c(Cl)c1. The van der Waals surface area contributed by atoms with Gasteiger partial charge in [0.2, 0.25) is 5.95 Å². The molecule has 3 N–H and O–H groups in total. The Morgan fingerprint density at radius 1 is 1.22 bits per heavy atom. The van der Waals surface area contributed by atoms with Crippen LogP contribution in [-0.2, 0) is 6.18 Å². The van der Waals surface area contributed by atoms with Gasteiger partial charge in [-0.05, 0) is 24.6 Å². The molecule has 5 nitrogen and oxygen atoms in total. The highest BCUT2D eigenvalue weighted by Crippen LogP contribution is 2.31. The molecule has 0 amide bonds. The molecular formula is C14H14ClF3N4O. The lowest BCUT2D eigenvalue weighted by molar-refractivity contribution is -0.141. The topological polar surface area (TPSA) is 70.1 Å². The van der Waals surface area contributed by atoms with Crippen LogP contribution >= 0.6 is 11.6 Å². The molecular weight excluding hydrogens is 333 g/mol. The first-order valence-electron chi connectivity index (χ1n) is 6.64. The van der Waals surface area contributed by atoms with Crippen LogP contribution in [0.4, 0.5) is 30.6 Å². The highest BCUT2D eigenvalue weighted by atomic mass is 35.5. The van der Waals surface area contributed by atoms with Crippen molar-refractivity contribution in [1.82, 2.24) is 9.97 Å². The average molecular weight is 347 g/mol. The average Bonchev–Trinajstić information content (AvgIpc) is 2.47. The van der Waals surface area contributed by atoms with Crippen molar-refractivity contribution in [2.75, 3.05) is 23.8 Å². The summed E-state index contributed by atoms with van der Waals surface area (Å²) in [5, 5.41) is 14.4. The van der Waals surface area contributed by atoms with Crippen molar-refractivity contribution in [2.45, 2.75) is 13.1 Å². The number of hydrogen-bond acceptors (Lipinski definition) is 5. The second kappa shape index (κ2) is 7.01. The molecule has 0 bridgehead atoms. The Morgan fingerprint density at radius 2 is 1.96 bits per heavy atom. The molecule has 2 rings (SSSR count). The van der Waals surface area contributed by atoms with Gasteiger partial charge in [-0.25, -0.2) is 4.98 Å². The highest BCUT2D eigenvalue weighted by Gasteiger charge is 2.33. The molecule has 1 aromatic heterocycles. The lowest BCUT2D eigenvalue weighted by Crippen LogP contribution is -2.15. The summed E-state index contributed by atoms with van der Waals surface area (Å²) in [5.41, 5.74) is 0.250. The van der Waals surface area contributed by atoms with Crippen LogP contribution < -0.4 is 10.6 Å². The maximum atomic E-state index is 12.9. The number of benzene rings is 1. The second-order valence-corrected chi connectivity index (χ2v) is 5.13. The number of hydrogen-bond donors (Lipinski definition) is 3. The monoisotopic (exact) mass is 346 g/mol. The van der Waals surface area contributed by atoms with Crippen LogP contribution in [0.1, 0.15) is 11.3 Å². The first kappa shape index (κ1) is 17.3. The first-order valence-corrected chi connectivity index (χ1v) is 7.01. The van der Waals surface area contributed by atoms with Crippen LogP contribution in [0, 0.1) is 6.92 Å². The summed E-state index contributed by atoms with van der Waals surface area (Å²) < 4.78 is 38.8. The number of aliphatic hydroxyl groups excluding tert-OH is 1. The Hall–Kier alpha value is -2.06. The molecule has 0 radical (unpaired) electrons. The molecule has 0 aliphatic carbocycles. The minimum atomic E-state index is -4.62.